The van der Waals surface area contributed by atoms with Gasteiger partial charge in [0.2, 0.25) is 11.8 Å². The first-order valence-electron chi connectivity index (χ1n) is 11.4. The van der Waals surface area contributed by atoms with E-state index in [0.717, 1.165) is 11.1 Å². The van der Waals surface area contributed by atoms with Crippen LogP contribution in [0, 0.1) is 11.7 Å². The molecule has 3 aromatic carbocycles. The van der Waals surface area contributed by atoms with E-state index in [1.165, 1.54) is 6.07 Å². The number of halogens is 2. The summed E-state index contributed by atoms with van der Waals surface area (Å²) in [7, 11) is 0. The van der Waals surface area contributed by atoms with E-state index in [1.807, 2.05) is 56.3 Å². The molecule has 0 saturated carbocycles. The molecule has 4 nitrogen and oxygen atoms in total. The van der Waals surface area contributed by atoms with Gasteiger partial charge in [-0.05, 0) is 40.8 Å². The Balaban J connectivity index is 1.97. The molecule has 0 aliphatic rings. The number of hydrogen-bond donors (Lipinski definition) is 1. The molecule has 3 rings (SSSR count). The summed E-state index contributed by atoms with van der Waals surface area (Å²) in [5, 5.41) is 3.52. The quantitative estimate of drug-likeness (QED) is 0.420. The highest BCUT2D eigenvalue weighted by Crippen LogP contribution is 2.19. The van der Waals surface area contributed by atoms with E-state index in [0.29, 0.717) is 23.6 Å². The monoisotopic (exact) mass is 480 g/mol. The first-order chi connectivity index (χ1) is 16.3. The summed E-state index contributed by atoms with van der Waals surface area (Å²) < 4.78 is 14.3. The molecule has 34 heavy (non-hydrogen) atoms. The average molecular weight is 481 g/mol. The van der Waals surface area contributed by atoms with Crippen LogP contribution in [-0.2, 0) is 29.0 Å². The Kier molecular flexibility index (Phi) is 9.23. The maximum absolute atomic E-state index is 14.3. The van der Waals surface area contributed by atoms with Gasteiger partial charge in [0.25, 0.3) is 0 Å². The van der Waals surface area contributed by atoms with Crippen molar-refractivity contribution in [1.82, 2.24) is 10.2 Å². The van der Waals surface area contributed by atoms with Crippen LogP contribution in [0.2, 0.25) is 5.02 Å². The Morgan fingerprint density at radius 2 is 1.62 bits per heavy atom. The predicted molar refractivity (Wildman–Crippen MR) is 134 cm³/mol. The van der Waals surface area contributed by atoms with Crippen molar-refractivity contribution in [2.24, 2.45) is 5.92 Å². The van der Waals surface area contributed by atoms with Gasteiger partial charge in [-0.25, -0.2) is 4.39 Å². The summed E-state index contributed by atoms with van der Waals surface area (Å²) in [6, 6.07) is 22.2. The zero-order valence-corrected chi connectivity index (χ0v) is 20.3. The predicted octanol–water partition coefficient (Wildman–Crippen LogP) is 5.43. The molecule has 1 N–H and O–H groups in total. The van der Waals surface area contributed by atoms with Crippen LogP contribution in [0.5, 0.6) is 0 Å². The minimum atomic E-state index is -0.764. The van der Waals surface area contributed by atoms with Gasteiger partial charge in [-0.15, -0.1) is 0 Å². The summed E-state index contributed by atoms with van der Waals surface area (Å²) in [6.45, 7) is 4.70. The maximum atomic E-state index is 14.3. The molecule has 0 heterocycles. The number of hydrogen-bond acceptors (Lipinski definition) is 2. The lowest BCUT2D eigenvalue weighted by Crippen LogP contribution is -2.51. The van der Waals surface area contributed by atoms with Gasteiger partial charge in [0.15, 0.2) is 0 Å². The number of rotatable bonds is 10. The number of amides is 2. The van der Waals surface area contributed by atoms with Crippen molar-refractivity contribution < 1.29 is 14.0 Å². The third-order valence-electron chi connectivity index (χ3n) is 5.50. The van der Waals surface area contributed by atoms with Gasteiger partial charge in [0.05, 0.1) is 6.42 Å². The second-order valence-electron chi connectivity index (χ2n) is 8.76. The SMILES string of the molecule is CC(C)CNC(=O)C(Cc1ccccc1)N(Cc1cccc(Cl)c1)C(=O)Cc1ccccc1F. The van der Waals surface area contributed by atoms with Crippen LogP contribution in [-0.4, -0.2) is 29.3 Å². The molecule has 0 saturated heterocycles. The van der Waals surface area contributed by atoms with Gasteiger partial charge in [-0.3, -0.25) is 9.59 Å². The fraction of sp³-hybridized carbons (Fsp3) is 0.286. The van der Waals surface area contributed by atoms with Gasteiger partial charge < -0.3 is 10.2 Å². The Morgan fingerprint density at radius 1 is 0.941 bits per heavy atom. The molecule has 0 aromatic heterocycles. The highest BCUT2D eigenvalue weighted by Gasteiger charge is 2.30. The van der Waals surface area contributed by atoms with Crippen molar-refractivity contribution in [2.75, 3.05) is 6.54 Å². The van der Waals surface area contributed by atoms with Gasteiger partial charge in [0.1, 0.15) is 11.9 Å². The molecule has 1 unspecified atom stereocenters. The van der Waals surface area contributed by atoms with Crippen molar-refractivity contribution in [3.8, 4) is 0 Å². The van der Waals surface area contributed by atoms with Crippen LogP contribution in [0.25, 0.3) is 0 Å². The first kappa shape index (κ1) is 25.4. The molecule has 3 aromatic rings. The van der Waals surface area contributed by atoms with Crippen molar-refractivity contribution in [2.45, 2.75) is 39.3 Å². The van der Waals surface area contributed by atoms with E-state index in [4.69, 9.17) is 11.6 Å². The van der Waals surface area contributed by atoms with Crippen molar-refractivity contribution in [3.63, 3.8) is 0 Å². The Labute approximate surface area is 205 Å². The third-order valence-corrected chi connectivity index (χ3v) is 5.73. The highest BCUT2D eigenvalue weighted by molar-refractivity contribution is 6.30. The summed E-state index contributed by atoms with van der Waals surface area (Å²) in [6.07, 6.45) is 0.199. The van der Waals surface area contributed by atoms with E-state index in [-0.39, 0.29) is 30.7 Å². The maximum Gasteiger partial charge on any atom is 0.243 e. The molecule has 0 bridgehead atoms. The van der Waals surface area contributed by atoms with Gasteiger partial charge in [0, 0.05) is 24.5 Å². The molecule has 0 fully saturated rings. The Hall–Kier alpha value is -3.18. The van der Waals surface area contributed by atoms with E-state index in [2.05, 4.69) is 5.32 Å². The van der Waals surface area contributed by atoms with Crippen LogP contribution in [0.4, 0.5) is 4.39 Å². The molecule has 6 heteroatoms. The van der Waals surface area contributed by atoms with Crippen LogP contribution >= 0.6 is 11.6 Å². The van der Waals surface area contributed by atoms with E-state index >= 15 is 0 Å². The molecule has 0 aliphatic carbocycles. The Morgan fingerprint density at radius 3 is 2.29 bits per heavy atom. The number of carbonyl (C=O) groups excluding carboxylic acids is 2. The second kappa shape index (κ2) is 12.3. The summed E-state index contributed by atoms with van der Waals surface area (Å²) in [5.41, 5.74) is 2.02. The summed E-state index contributed by atoms with van der Waals surface area (Å²) in [4.78, 5) is 28.5. The molecule has 1 atom stereocenters. The number of carbonyl (C=O) groups is 2. The number of nitrogens with one attached hydrogen (secondary N) is 1. The van der Waals surface area contributed by atoms with Crippen LogP contribution in [0.3, 0.4) is 0 Å². The molecule has 2 amide bonds. The smallest absolute Gasteiger partial charge is 0.243 e. The topological polar surface area (TPSA) is 49.4 Å². The van der Waals surface area contributed by atoms with Gasteiger partial charge in [-0.2, -0.15) is 0 Å². The standard InChI is InChI=1S/C28H30ClFN2O2/c1-20(2)18-31-28(34)26(16-21-9-4-3-5-10-21)32(19-22-11-8-13-24(29)15-22)27(33)17-23-12-6-7-14-25(23)30/h3-15,20,26H,16-19H2,1-2H3,(H,31,34). The lowest BCUT2D eigenvalue weighted by atomic mass is 10.0. The molecular formula is C28H30ClFN2O2. The normalized spacial score (nSPS) is 11.8. The molecule has 0 radical (unpaired) electrons. The lowest BCUT2D eigenvalue weighted by molar-refractivity contribution is -0.140. The van der Waals surface area contributed by atoms with Crippen LogP contribution in [0.15, 0.2) is 78.9 Å². The van der Waals surface area contributed by atoms with Gasteiger partial charge >= 0.3 is 0 Å². The minimum Gasteiger partial charge on any atom is -0.354 e. The van der Waals surface area contributed by atoms with Crippen LogP contribution in [0.1, 0.15) is 30.5 Å². The zero-order valence-electron chi connectivity index (χ0n) is 19.5. The van der Waals surface area contributed by atoms with Crippen molar-refractivity contribution >= 4 is 23.4 Å². The average Bonchev–Trinajstić information content (AvgIpc) is 2.82. The second-order valence-corrected chi connectivity index (χ2v) is 9.20. The Bertz CT molecular complexity index is 1100. The first-order valence-corrected chi connectivity index (χ1v) is 11.8. The highest BCUT2D eigenvalue weighted by atomic mass is 35.5. The minimum absolute atomic E-state index is 0.143. The molecule has 178 valence electrons. The van der Waals surface area contributed by atoms with Gasteiger partial charge in [-0.1, -0.05) is 86.1 Å². The molecular weight excluding hydrogens is 451 g/mol. The molecule has 0 spiro atoms. The molecule has 0 aliphatic heterocycles. The van der Waals surface area contributed by atoms with E-state index in [1.54, 1.807) is 35.2 Å². The van der Waals surface area contributed by atoms with Crippen molar-refractivity contribution in [3.05, 3.63) is 106 Å². The number of nitrogens with zero attached hydrogens (tertiary/aromatic N) is 1. The van der Waals surface area contributed by atoms with Crippen molar-refractivity contribution in [1.29, 1.82) is 0 Å². The zero-order chi connectivity index (χ0) is 24.5. The van der Waals surface area contributed by atoms with E-state index in [9.17, 15) is 14.0 Å². The van der Waals surface area contributed by atoms with Crippen LogP contribution < -0.4 is 5.32 Å². The number of benzene rings is 3. The summed E-state index contributed by atoms with van der Waals surface area (Å²) >= 11 is 6.18. The van der Waals surface area contributed by atoms with E-state index < -0.39 is 11.9 Å². The fourth-order valence-electron chi connectivity index (χ4n) is 3.71. The fourth-order valence-corrected chi connectivity index (χ4v) is 3.93. The lowest BCUT2D eigenvalue weighted by Gasteiger charge is -2.32. The largest absolute Gasteiger partial charge is 0.354 e. The third kappa shape index (κ3) is 7.42. The summed E-state index contributed by atoms with van der Waals surface area (Å²) in [5.74, 6) is -0.744.